The predicted octanol–water partition coefficient (Wildman–Crippen LogP) is 3.67. The molecule has 0 bridgehead atoms. The van der Waals surface area contributed by atoms with Crippen LogP contribution in [0.4, 0.5) is 11.4 Å². The fourth-order valence-electron chi connectivity index (χ4n) is 1.88. The first-order valence-electron chi connectivity index (χ1n) is 6.52. The molecule has 0 fully saturated rings. The maximum Gasteiger partial charge on any atom is 0.255 e. The Morgan fingerprint density at radius 3 is 2.50 bits per heavy atom. The second-order valence-corrected chi connectivity index (χ2v) is 5.47. The Kier molecular flexibility index (Phi) is 5.16. The van der Waals surface area contributed by atoms with Gasteiger partial charge in [-0.05, 0) is 36.4 Å². The highest BCUT2D eigenvalue weighted by Crippen LogP contribution is 2.27. The van der Waals surface area contributed by atoms with E-state index in [2.05, 4.69) is 26.6 Å². The van der Waals surface area contributed by atoms with Gasteiger partial charge in [-0.25, -0.2) is 0 Å². The zero-order chi connectivity index (χ0) is 16.1. The van der Waals surface area contributed by atoms with Gasteiger partial charge >= 0.3 is 0 Å². The number of carbonyl (C=O) groups excluding carboxylic acids is 2. The van der Waals surface area contributed by atoms with Crippen LogP contribution in [0.5, 0.6) is 5.75 Å². The van der Waals surface area contributed by atoms with Crippen molar-refractivity contribution in [2.45, 2.75) is 6.92 Å². The average molecular weight is 363 g/mol. The first kappa shape index (κ1) is 16.0. The monoisotopic (exact) mass is 362 g/mol. The molecule has 2 N–H and O–H groups in total. The first-order valence-corrected chi connectivity index (χ1v) is 7.31. The third-order valence-corrected chi connectivity index (χ3v) is 3.37. The van der Waals surface area contributed by atoms with E-state index in [9.17, 15) is 9.59 Å². The minimum absolute atomic E-state index is 0.209. The number of rotatable bonds is 4. The van der Waals surface area contributed by atoms with E-state index < -0.39 is 0 Å². The van der Waals surface area contributed by atoms with E-state index in [0.717, 1.165) is 4.47 Å². The largest absolute Gasteiger partial charge is 0.497 e. The van der Waals surface area contributed by atoms with Gasteiger partial charge in [-0.2, -0.15) is 0 Å². The first-order chi connectivity index (χ1) is 10.5. The second-order valence-electron chi connectivity index (χ2n) is 4.56. The standard InChI is InChI=1S/C16H15BrN2O3/c1-10(20)18-14-7-6-12(17)9-15(14)19-16(21)11-4-3-5-13(8-11)22-2/h3-9H,1-2H3,(H,18,20)(H,19,21). The molecule has 0 aliphatic carbocycles. The lowest BCUT2D eigenvalue weighted by Gasteiger charge is -2.12. The highest BCUT2D eigenvalue weighted by molar-refractivity contribution is 9.10. The van der Waals surface area contributed by atoms with Crippen molar-refractivity contribution in [3.63, 3.8) is 0 Å². The molecule has 5 nitrogen and oxygen atoms in total. The van der Waals surface area contributed by atoms with Crippen molar-refractivity contribution < 1.29 is 14.3 Å². The Balaban J connectivity index is 2.27. The van der Waals surface area contributed by atoms with Crippen molar-refractivity contribution in [1.29, 1.82) is 0 Å². The molecule has 2 aromatic rings. The topological polar surface area (TPSA) is 67.4 Å². The summed E-state index contributed by atoms with van der Waals surface area (Å²) in [5.74, 6) is 0.104. The van der Waals surface area contributed by atoms with Crippen LogP contribution in [0.15, 0.2) is 46.9 Å². The van der Waals surface area contributed by atoms with Crippen molar-refractivity contribution in [3.05, 3.63) is 52.5 Å². The molecule has 2 rings (SSSR count). The van der Waals surface area contributed by atoms with E-state index in [4.69, 9.17) is 4.74 Å². The Morgan fingerprint density at radius 2 is 1.82 bits per heavy atom. The van der Waals surface area contributed by atoms with Gasteiger partial charge in [0.05, 0.1) is 18.5 Å². The van der Waals surface area contributed by atoms with Crippen molar-refractivity contribution in [1.82, 2.24) is 0 Å². The molecule has 0 unspecified atom stereocenters. The SMILES string of the molecule is COc1cccc(C(=O)Nc2cc(Br)ccc2NC(C)=O)c1. The lowest BCUT2D eigenvalue weighted by Crippen LogP contribution is -2.15. The summed E-state index contributed by atoms with van der Waals surface area (Å²) in [5, 5.41) is 5.47. The molecule has 2 amide bonds. The normalized spacial score (nSPS) is 9.95. The van der Waals surface area contributed by atoms with E-state index in [-0.39, 0.29) is 11.8 Å². The molecule has 0 saturated carbocycles. The van der Waals surface area contributed by atoms with Crippen LogP contribution in [-0.2, 0) is 4.79 Å². The molecule has 0 spiro atoms. The molecule has 0 heterocycles. The molecule has 114 valence electrons. The van der Waals surface area contributed by atoms with Gasteiger partial charge in [0.25, 0.3) is 5.91 Å². The number of halogens is 1. The highest BCUT2D eigenvalue weighted by atomic mass is 79.9. The molecule has 22 heavy (non-hydrogen) atoms. The smallest absolute Gasteiger partial charge is 0.255 e. The Hall–Kier alpha value is -2.34. The number of anilines is 2. The number of nitrogens with one attached hydrogen (secondary N) is 2. The van der Waals surface area contributed by atoms with Gasteiger partial charge in [-0.1, -0.05) is 22.0 Å². The Bertz CT molecular complexity index is 716. The van der Waals surface area contributed by atoms with E-state index in [1.807, 2.05) is 0 Å². The van der Waals surface area contributed by atoms with Crippen LogP contribution in [0.1, 0.15) is 17.3 Å². The van der Waals surface area contributed by atoms with Gasteiger partial charge in [-0.15, -0.1) is 0 Å². The van der Waals surface area contributed by atoms with Crippen LogP contribution < -0.4 is 15.4 Å². The van der Waals surface area contributed by atoms with Crippen LogP contribution in [0.2, 0.25) is 0 Å². The summed E-state index contributed by atoms with van der Waals surface area (Å²) in [6, 6.07) is 12.1. The van der Waals surface area contributed by atoms with Crippen molar-refractivity contribution in [2.24, 2.45) is 0 Å². The molecule has 0 aromatic heterocycles. The minimum Gasteiger partial charge on any atom is -0.497 e. The predicted molar refractivity (Wildman–Crippen MR) is 89.4 cm³/mol. The van der Waals surface area contributed by atoms with Crippen molar-refractivity contribution in [3.8, 4) is 5.75 Å². The quantitative estimate of drug-likeness (QED) is 0.871. The molecular weight excluding hydrogens is 348 g/mol. The van der Waals surface area contributed by atoms with Gasteiger partial charge in [0, 0.05) is 17.0 Å². The summed E-state index contributed by atoms with van der Waals surface area (Å²) in [6.45, 7) is 1.41. The van der Waals surface area contributed by atoms with Crippen LogP contribution in [0.25, 0.3) is 0 Å². The van der Waals surface area contributed by atoms with Crippen molar-refractivity contribution in [2.75, 3.05) is 17.7 Å². The molecule has 0 radical (unpaired) electrons. The van der Waals surface area contributed by atoms with Crippen LogP contribution in [0, 0.1) is 0 Å². The summed E-state index contributed by atoms with van der Waals surface area (Å²) < 4.78 is 5.90. The molecule has 0 aliphatic rings. The Morgan fingerprint density at radius 1 is 1.05 bits per heavy atom. The van der Waals surface area contributed by atoms with E-state index in [1.54, 1.807) is 49.6 Å². The number of benzene rings is 2. The van der Waals surface area contributed by atoms with Crippen molar-refractivity contribution >= 4 is 39.1 Å². The average Bonchev–Trinajstić information content (AvgIpc) is 2.49. The summed E-state index contributed by atoms with van der Waals surface area (Å²) >= 11 is 3.35. The lowest BCUT2D eigenvalue weighted by atomic mass is 10.2. The third-order valence-electron chi connectivity index (χ3n) is 2.87. The van der Waals surface area contributed by atoms with Crippen LogP contribution in [0.3, 0.4) is 0 Å². The second kappa shape index (κ2) is 7.09. The minimum atomic E-state index is -0.288. The van der Waals surface area contributed by atoms with E-state index >= 15 is 0 Å². The number of amides is 2. The molecule has 0 saturated heterocycles. The van der Waals surface area contributed by atoms with Crippen LogP contribution in [-0.4, -0.2) is 18.9 Å². The Labute approximate surface area is 136 Å². The van der Waals surface area contributed by atoms with E-state index in [1.165, 1.54) is 6.92 Å². The number of ether oxygens (including phenoxy) is 1. The summed E-state index contributed by atoms with van der Waals surface area (Å²) in [5.41, 5.74) is 1.51. The molecule has 2 aromatic carbocycles. The molecule has 0 atom stereocenters. The third kappa shape index (κ3) is 4.08. The van der Waals surface area contributed by atoms with Gasteiger partial charge in [0.1, 0.15) is 5.75 Å². The number of methoxy groups -OCH3 is 1. The fourth-order valence-corrected chi connectivity index (χ4v) is 2.24. The molecule has 6 heteroatoms. The summed E-state index contributed by atoms with van der Waals surface area (Å²) in [6.07, 6.45) is 0. The number of hydrogen-bond donors (Lipinski definition) is 2. The van der Waals surface area contributed by atoms with Gasteiger partial charge in [0.2, 0.25) is 5.91 Å². The summed E-state index contributed by atoms with van der Waals surface area (Å²) in [4.78, 5) is 23.6. The number of carbonyl (C=O) groups is 2. The zero-order valence-corrected chi connectivity index (χ0v) is 13.7. The summed E-state index contributed by atoms with van der Waals surface area (Å²) in [7, 11) is 1.54. The van der Waals surface area contributed by atoms with Gasteiger partial charge in [0.15, 0.2) is 0 Å². The van der Waals surface area contributed by atoms with Crippen LogP contribution >= 0.6 is 15.9 Å². The molecular formula is C16H15BrN2O3. The van der Waals surface area contributed by atoms with E-state index in [0.29, 0.717) is 22.7 Å². The molecule has 0 aliphatic heterocycles. The fraction of sp³-hybridized carbons (Fsp3) is 0.125. The lowest BCUT2D eigenvalue weighted by molar-refractivity contribution is -0.114. The number of hydrogen-bond acceptors (Lipinski definition) is 3. The maximum atomic E-state index is 12.3. The van der Waals surface area contributed by atoms with Gasteiger partial charge < -0.3 is 15.4 Å². The zero-order valence-electron chi connectivity index (χ0n) is 12.1. The van der Waals surface area contributed by atoms with Gasteiger partial charge in [-0.3, -0.25) is 9.59 Å². The maximum absolute atomic E-state index is 12.3. The highest BCUT2D eigenvalue weighted by Gasteiger charge is 2.11.